The van der Waals surface area contributed by atoms with E-state index in [1.54, 1.807) is 30.7 Å². The normalized spacial score (nSPS) is 10.1. The number of hydrogen-bond acceptors (Lipinski definition) is 4. The predicted octanol–water partition coefficient (Wildman–Crippen LogP) is 0.516. The van der Waals surface area contributed by atoms with E-state index in [4.69, 9.17) is 5.73 Å². The maximum atomic E-state index is 11.6. The number of H-pyrrole nitrogens is 1. The van der Waals surface area contributed by atoms with Gasteiger partial charge in [-0.25, -0.2) is 4.98 Å². The van der Waals surface area contributed by atoms with Gasteiger partial charge in [0.05, 0.1) is 0 Å². The number of imidazole rings is 1. The average molecular weight is 217 g/mol. The van der Waals surface area contributed by atoms with Gasteiger partial charge in [0.25, 0.3) is 5.91 Å². The third-order valence-electron chi connectivity index (χ3n) is 2.02. The van der Waals surface area contributed by atoms with Gasteiger partial charge in [0.15, 0.2) is 0 Å². The van der Waals surface area contributed by atoms with Crippen LogP contribution in [0.2, 0.25) is 0 Å². The standard InChI is InChI=1S/C10H11N5O/c11-5-7-1-2-8(14-6-7)9(16)15-10-12-3-4-13-10/h1-4,6H,5,11H2,(H2,12,13,15,16). The second kappa shape index (κ2) is 4.54. The molecule has 0 aliphatic heterocycles. The Balaban J connectivity index is 2.09. The molecule has 0 aromatic carbocycles. The van der Waals surface area contributed by atoms with Crippen molar-refractivity contribution in [3.05, 3.63) is 42.0 Å². The number of aromatic amines is 1. The van der Waals surface area contributed by atoms with Crippen LogP contribution in [0.5, 0.6) is 0 Å². The molecule has 2 aromatic heterocycles. The molecule has 0 saturated carbocycles. The van der Waals surface area contributed by atoms with Crippen LogP contribution >= 0.6 is 0 Å². The van der Waals surface area contributed by atoms with E-state index in [1.807, 2.05) is 0 Å². The molecule has 0 saturated heterocycles. The van der Waals surface area contributed by atoms with Gasteiger partial charge in [-0.1, -0.05) is 6.07 Å². The van der Waals surface area contributed by atoms with Crippen LogP contribution in [0.4, 0.5) is 5.95 Å². The summed E-state index contributed by atoms with van der Waals surface area (Å²) in [5.41, 5.74) is 6.64. The first kappa shape index (κ1) is 10.3. The Morgan fingerprint density at radius 2 is 2.31 bits per heavy atom. The molecule has 0 aliphatic rings. The third kappa shape index (κ3) is 2.23. The average Bonchev–Trinajstić information content (AvgIpc) is 2.82. The Kier molecular flexibility index (Phi) is 2.93. The number of carbonyl (C=O) groups is 1. The summed E-state index contributed by atoms with van der Waals surface area (Å²) in [6, 6.07) is 3.39. The number of anilines is 1. The van der Waals surface area contributed by atoms with E-state index in [9.17, 15) is 4.79 Å². The Bertz CT molecular complexity index is 462. The van der Waals surface area contributed by atoms with Crippen molar-refractivity contribution >= 4 is 11.9 Å². The molecule has 2 rings (SSSR count). The first-order chi connectivity index (χ1) is 7.79. The van der Waals surface area contributed by atoms with E-state index in [2.05, 4.69) is 20.3 Å². The van der Waals surface area contributed by atoms with Crippen LogP contribution < -0.4 is 11.1 Å². The molecule has 6 heteroatoms. The van der Waals surface area contributed by atoms with Crippen molar-refractivity contribution in [2.75, 3.05) is 5.32 Å². The number of rotatable bonds is 3. The van der Waals surface area contributed by atoms with Crippen LogP contribution in [0.3, 0.4) is 0 Å². The summed E-state index contributed by atoms with van der Waals surface area (Å²) in [7, 11) is 0. The molecular weight excluding hydrogens is 206 g/mol. The molecule has 1 amide bonds. The van der Waals surface area contributed by atoms with Crippen LogP contribution in [0.1, 0.15) is 16.1 Å². The van der Waals surface area contributed by atoms with Crippen LogP contribution in [-0.4, -0.2) is 20.9 Å². The molecule has 4 N–H and O–H groups in total. The largest absolute Gasteiger partial charge is 0.331 e. The number of pyridine rings is 1. The van der Waals surface area contributed by atoms with Crippen molar-refractivity contribution in [3.8, 4) is 0 Å². The molecule has 0 spiro atoms. The van der Waals surface area contributed by atoms with Crippen molar-refractivity contribution < 1.29 is 4.79 Å². The second-order valence-electron chi connectivity index (χ2n) is 3.15. The smallest absolute Gasteiger partial charge is 0.276 e. The Morgan fingerprint density at radius 1 is 1.44 bits per heavy atom. The predicted molar refractivity (Wildman–Crippen MR) is 58.7 cm³/mol. The summed E-state index contributed by atoms with van der Waals surface area (Å²) in [4.78, 5) is 22.3. The van der Waals surface area contributed by atoms with Gasteiger partial charge in [-0.15, -0.1) is 0 Å². The molecular formula is C10H11N5O. The van der Waals surface area contributed by atoms with Gasteiger partial charge in [-0.2, -0.15) is 0 Å². The van der Waals surface area contributed by atoms with Crippen molar-refractivity contribution in [1.82, 2.24) is 15.0 Å². The molecule has 2 aromatic rings. The van der Waals surface area contributed by atoms with Crippen molar-refractivity contribution in [3.63, 3.8) is 0 Å². The number of amides is 1. The molecule has 0 bridgehead atoms. The van der Waals surface area contributed by atoms with Gasteiger partial charge in [0, 0.05) is 25.1 Å². The highest BCUT2D eigenvalue weighted by atomic mass is 16.2. The summed E-state index contributed by atoms with van der Waals surface area (Å²) >= 11 is 0. The molecule has 0 fully saturated rings. The second-order valence-corrected chi connectivity index (χ2v) is 3.15. The Morgan fingerprint density at radius 3 is 2.88 bits per heavy atom. The number of hydrogen-bond donors (Lipinski definition) is 3. The van der Waals surface area contributed by atoms with Gasteiger partial charge >= 0.3 is 0 Å². The Hall–Kier alpha value is -2.21. The number of aromatic nitrogens is 3. The van der Waals surface area contributed by atoms with E-state index in [-0.39, 0.29) is 5.91 Å². The summed E-state index contributed by atoms with van der Waals surface area (Å²) < 4.78 is 0. The highest BCUT2D eigenvalue weighted by Gasteiger charge is 2.08. The minimum Gasteiger partial charge on any atom is -0.331 e. The fourth-order valence-corrected chi connectivity index (χ4v) is 1.18. The fraction of sp³-hybridized carbons (Fsp3) is 0.100. The third-order valence-corrected chi connectivity index (χ3v) is 2.02. The van der Waals surface area contributed by atoms with Crippen molar-refractivity contribution in [2.24, 2.45) is 5.73 Å². The van der Waals surface area contributed by atoms with E-state index >= 15 is 0 Å². The topological polar surface area (TPSA) is 96.7 Å². The molecule has 0 atom stereocenters. The van der Waals surface area contributed by atoms with E-state index in [0.29, 0.717) is 18.2 Å². The van der Waals surface area contributed by atoms with E-state index in [1.165, 1.54) is 0 Å². The lowest BCUT2D eigenvalue weighted by Crippen LogP contribution is -2.14. The lowest BCUT2D eigenvalue weighted by Gasteiger charge is -2.01. The van der Waals surface area contributed by atoms with Gasteiger partial charge in [0.2, 0.25) is 5.95 Å². The maximum Gasteiger partial charge on any atom is 0.276 e. The highest BCUT2D eigenvalue weighted by molar-refractivity contribution is 6.01. The first-order valence-corrected chi connectivity index (χ1v) is 4.75. The zero-order valence-electron chi connectivity index (χ0n) is 8.47. The van der Waals surface area contributed by atoms with Gasteiger partial charge in [-0.3, -0.25) is 15.1 Å². The molecule has 0 aliphatic carbocycles. The van der Waals surface area contributed by atoms with E-state index < -0.39 is 0 Å². The zero-order valence-corrected chi connectivity index (χ0v) is 8.47. The lowest BCUT2D eigenvalue weighted by atomic mass is 10.2. The molecule has 0 unspecified atom stereocenters. The number of nitrogens with one attached hydrogen (secondary N) is 2. The van der Waals surface area contributed by atoms with Crippen LogP contribution in [0.15, 0.2) is 30.7 Å². The SMILES string of the molecule is NCc1ccc(C(=O)Nc2ncc[nH]2)nc1. The quantitative estimate of drug-likeness (QED) is 0.698. The van der Waals surface area contributed by atoms with E-state index in [0.717, 1.165) is 5.56 Å². The monoisotopic (exact) mass is 217 g/mol. The first-order valence-electron chi connectivity index (χ1n) is 4.75. The van der Waals surface area contributed by atoms with Crippen LogP contribution in [0, 0.1) is 0 Å². The van der Waals surface area contributed by atoms with Crippen LogP contribution in [-0.2, 0) is 6.54 Å². The zero-order chi connectivity index (χ0) is 11.4. The lowest BCUT2D eigenvalue weighted by molar-refractivity contribution is 0.102. The minimum atomic E-state index is -0.307. The number of carbonyl (C=O) groups excluding carboxylic acids is 1. The molecule has 6 nitrogen and oxygen atoms in total. The number of nitrogens with zero attached hydrogens (tertiary/aromatic N) is 2. The summed E-state index contributed by atoms with van der Waals surface area (Å²) in [6.07, 6.45) is 4.76. The maximum absolute atomic E-state index is 11.6. The van der Waals surface area contributed by atoms with Crippen molar-refractivity contribution in [1.29, 1.82) is 0 Å². The number of nitrogens with two attached hydrogens (primary N) is 1. The fourth-order valence-electron chi connectivity index (χ4n) is 1.18. The highest BCUT2D eigenvalue weighted by Crippen LogP contribution is 2.02. The molecule has 2 heterocycles. The van der Waals surface area contributed by atoms with Gasteiger partial charge in [-0.05, 0) is 11.6 Å². The van der Waals surface area contributed by atoms with Crippen LogP contribution in [0.25, 0.3) is 0 Å². The van der Waals surface area contributed by atoms with Crippen molar-refractivity contribution in [2.45, 2.75) is 6.54 Å². The van der Waals surface area contributed by atoms with Gasteiger partial charge in [0.1, 0.15) is 5.69 Å². The molecule has 0 radical (unpaired) electrons. The summed E-state index contributed by atoms with van der Waals surface area (Å²) in [5.74, 6) is 0.0909. The summed E-state index contributed by atoms with van der Waals surface area (Å²) in [5, 5.41) is 2.58. The molecule has 16 heavy (non-hydrogen) atoms. The Labute approximate surface area is 91.9 Å². The molecule has 82 valence electrons. The minimum absolute atomic E-state index is 0.307. The van der Waals surface area contributed by atoms with Gasteiger partial charge < -0.3 is 10.7 Å². The summed E-state index contributed by atoms with van der Waals surface area (Å²) in [6.45, 7) is 0.410.